The number of hydrogen-bond acceptors (Lipinski definition) is 4. The number of nitrogens with zero attached hydrogens (tertiary/aromatic N) is 1. The first kappa shape index (κ1) is 13.0. The van der Waals surface area contributed by atoms with Crippen LogP contribution in [0.25, 0.3) is 0 Å². The van der Waals surface area contributed by atoms with E-state index in [1.54, 1.807) is 0 Å². The molecule has 0 unspecified atom stereocenters. The maximum atomic E-state index is 12.2. The van der Waals surface area contributed by atoms with Crippen LogP contribution in [0, 0.1) is 5.95 Å². The molecular weight excluding hydrogens is 205 g/mol. The Hall–Kier alpha value is -1.98. The monoisotopic (exact) mass is 215 g/mol. The van der Waals surface area contributed by atoms with E-state index in [1.165, 1.54) is 26.2 Å². The minimum Gasteiger partial charge on any atom is -0.477 e. The zero-order chi connectivity index (χ0) is 11.8. The largest absolute Gasteiger partial charge is 0.477 e. The Morgan fingerprint density at radius 1 is 1.47 bits per heavy atom. The summed E-state index contributed by atoms with van der Waals surface area (Å²) >= 11 is 0. The first-order chi connectivity index (χ1) is 6.97. The molecule has 0 radical (unpaired) electrons. The Kier molecular flexibility index (Phi) is 5.62. The second kappa shape index (κ2) is 6.47. The Morgan fingerprint density at radius 3 is 2.27 bits per heavy atom. The molecule has 1 aromatic heterocycles. The van der Waals surface area contributed by atoms with Gasteiger partial charge in [-0.1, -0.05) is 6.07 Å². The number of pyridine rings is 1. The van der Waals surface area contributed by atoms with Crippen LogP contribution in [0.3, 0.4) is 0 Å². The zero-order valence-electron chi connectivity index (χ0n) is 8.23. The Bertz CT molecular complexity index is 354. The molecule has 15 heavy (non-hydrogen) atoms. The summed E-state index contributed by atoms with van der Waals surface area (Å²) in [5, 5.41) is 8.28. The number of ether oxygens (including phenoxy) is 1. The van der Waals surface area contributed by atoms with E-state index in [0.717, 1.165) is 6.07 Å². The highest BCUT2D eigenvalue weighted by molar-refractivity contribution is 5.85. The first-order valence-corrected chi connectivity index (χ1v) is 3.87. The van der Waals surface area contributed by atoms with Crippen molar-refractivity contribution in [3.63, 3.8) is 0 Å². The second-order valence-electron chi connectivity index (χ2n) is 2.35. The van der Waals surface area contributed by atoms with E-state index in [0.29, 0.717) is 0 Å². The predicted molar refractivity (Wildman–Crippen MR) is 48.8 cm³/mol. The summed E-state index contributed by atoms with van der Waals surface area (Å²) < 4.78 is 16.3. The minimum absolute atomic E-state index is 0.245. The van der Waals surface area contributed by atoms with Crippen molar-refractivity contribution in [2.24, 2.45) is 0 Å². The van der Waals surface area contributed by atoms with Crippen molar-refractivity contribution in [1.29, 1.82) is 0 Å². The normalized spacial score (nSPS) is 8.47. The number of carboxylic acids is 1. The molecule has 82 valence electrons. The third-order valence-corrected chi connectivity index (χ3v) is 1.22. The van der Waals surface area contributed by atoms with Crippen LogP contribution in [0.1, 0.15) is 17.4 Å². The smallest absolute Gasteiger partial charge is 0.354 e. The Morgan fingerprint density at radius 2 is 2.00 bits per heavy atom. The van der Waals surface area contributed by atoms with Crippen molar-refractivity contribution in [2.75, 3.05) is 7.11 Å². The molecule has 1 rings (SSSR count). The predicted octanol–water partition coefficient (Wildman–Crippen LogP) is 1.10. The zero-order valence-corrected chi connectivity index (χ0v) is 8.23. The van der Waals surface area contributed by atoms with Gasteiger partial charge in [-0.15, -0.1) is 0 Å². The third-order valence-electron chi connectivity index (χ3n) is 1.22. The number of methoxy groups -OCH3 is 1. The molecular formula is C9H10FNO4. The highest BCUT2D eigenvalue weighted by atomic mass is 19.1. The fourth-order valence-electron chi connectivity index (χ4n) is 0.527. The van der Waals surface area contributed by atoms with E-state index in [1.807, 2.05) is 0 Å². The van der Waals surface area contributed by atoms with Crippen LogP contribution < -0.4 is 0 Å². The molecule has 5 nitrogen and oxygen atoms in total. The summed E-state index contributed by atoms with van der Waals surface area (Å²) in [5.74, 6) is -2.25. The number of esters is 1. The number of hydrogen-bond donors (Lipinski definition) is 1. The topological polar surface area (TPSA) is 76.5 Å². The molecule has 0 fully saturated rings. The fourth-order valence-corrected chi connectivity index (χ4v) is 0.527. The van der Waals surface area contributed by atoms with Gasteiger partial charge in [0.15, 0.2) is 5.69 Å². The maximum absolute atomic E-state index is 12.2. The number of rotatable bonds is 1. The van der Waals surface area contributed by atoms with Crippen molar-refractivity contribution in [2.45, 2.75) is 6.92 Å². The molecule has 0 saturated heterocycles. The molecule has 6 heteroatoms. The quantitative estimate of drug-likeness (QED) is 0.560. The lowest BCUT2D eigenvalue weighted by molar-refractivity contribution is -0.137. The molecule has 0 aliphatic rings. The molecule has 0 atom stereocenters. The van der Waals surface area contributed by atoms with E-state index in [9.17, 15) is 14.0 Å². The van der Waals surface area contributed by atoms with Crippen molar-refractivity contribution in [3.05, 3.63) is 29.8 Å². The van der Waals surface area contributed by atoms with Gasteiger partial charge in [0.25, 0.3) is 0 Å². The summed E-state index contributed by atoms with van der Waals surface area (Å²) in [5.41, 5.74) is -0.278. The van der Waals surface area contributed by atoms with Gasteiger partial charge >= 0.3 is 11.9 Å². The highest BCUT2D eigenvalue weighted by Gasteiger charge is 2.03. The molecule has 1 N–H and O–H groups in total. The average Bonchev–Trinajstić information content (AvgIpc) is 2.18. The van der Waals surface area contributed by atoms with E-state index in [2.05, 4.69) is 9.72 Å². The highest BCUT2D eigenvalue weighted by Crippen LogP contribution is 1.96. The Labute approximate surface area is 85.5 Å². The van der Waals surface area contributed by atoms with E-state index >= 15 is 0 Å². The van der Waals surface area contributed by atoms with Crippen LogP contribution in [0.2, 0.25) is 0 Å². The number of halogens is 1. The van der Waals surface area contributed by atoms with Crippen molar-refractivity contribution in [1.82, 2.24) is 4.98 Å². The van der Waals surface area contributed by atoms with Gasteiger partial charge in [-0.2, -0.15) is 4.39 Å². The first-order valence-electron chi connectivity index (χ1n) is 3.87. The van der Waals surface area contributed by atoms with Gasteiger partial charge in [-0.05, 0) is 12.1 Å². The lowest BCUT2D eigenvalue weighted by Crippen LogP contribution is -2.00. The second-order valence-corrected chi connectivity index (χ2v) is 2.35. The summed E-state index contributed by atoms with van der Waals surface area (Å²) in [6.45, 7) is 1.36. The molecule has 1 heterocycles. The van der Waals surface area contributed by atoms with Crippen molar-refractivity contribution >= 4 is 11.9 Å². The van der Waals surface area contributed by atoms with Gasteiger partial charge in [0.2, 0.25) is 5.95 Å². The SMILES string of the molecule is COC(C)=O.O=C(O)c1cccc(F)n1. The molecule has 0 amide bonds. The number of aromatic nitrogens is 1. The van der Waals surface area contributed by atoms with Crippen LogP contribution in [-0.4, -0.2) is 29.1 Å². The molecule has 0 saturated carbocycles. The Balaban J connectivity index is 0.000000336. The van der Waals surface area contributed by atoms with E-state index in [4.69, 9.17) is 5.11 Å². The van der Waals surface area contributed by atoms with E-state index in [-0.39, 0.29) is 11.7 Å². The van der Waals surface area contributed by atoms with Gasteiger partial charge in [-0.3, -0.25) is 4.79 Å². The maximum Gasteiger partial charge on any atom is 0.354 e. The standard InChI is InChI=1S/C6H4FNO2.C3H6O2/c7-5-3-1-2-4(8-5)6(9)10;1-3(4)5-2/h1-3H,(H,9,10);1-2H3. The van der Waals surface area contributed by atoms with Gasteiger partial charge < -0.3 is 9.84 Å². The molecule has 0 bridgehead atoms. The van der Waals surface area contributed by atoms with Gasteiger partial charge in [0.05, 0.1) is 7.11 Å². The number of aromatic carboxylic acids is 1. The minimum atomic E-state index is -1.22. The fraction of sp³-hybridized carbons (Fsp3) is 0.222. The molecule has 0 spiro atoms. The molecule has 0 aliphatic heterocycles. The van der Waals surface area contributed by atoms with E-state index < -0.39 is 11.9 Å². The summed E-state index contributed by atoms with van der Waals surface area (Å²) in [6, 6.07) is 3.61. The summed E-state index contributed by atoms with van der Waals surface area (Å²) in [7, 11) is 1.35. The van der Waals surface area contributed by atoms with Gasteiger partial charge in [-0.25, -0.2) is 9.78 Å². The molecule has 0 aromatic carbocycles. The van der Waals surface area contributed by atoms with Crippen LogP contribution in [0.15, 0.2) is 18.2 Å². The molecule has 1 aromatic rings. The van der Waals surface area contributed by atoms with Crippen LogP contribution in [-0.2, 0) is 9.53 Å². The van der Waals surface area contributed by atoms with Crippen LogP contribution in [0.4, 0.5) is 4.39 Å². The number of carbonyl (C=O) groups excluding carboxylic acids is 1. The molecule has 0 aliphatic carbocycles. The van der Waals surface area contributed by atoms with Gasteiger partial charge in [0.1, 0.15) is 0 Å². The summed E-state index contributed by atoms with van der Waals surface area (Å²) in [4.78, 5) is 22.8. The lowest BCUT2D eigenvalue weighted by Gasteiger charge is -1.90. The van der Waals surface area contributed by atoms with Crippen LogP contribution >= 0.6 is 0 Å². The van der Waals surface area contributed by atoms with Crippen molar-refractivity contribution < 1.29 is 23.8 Å². The van der Waals surface area contributed by atoms with Gasteiger partial charge in [0, 0.05) is 6.92 Å². The lowest BCUT2D eigenvalue weighted by atomic mass is 10.3. The summed E-state index contributed by atoms with van der Waals surface area (Å²) in [6.07, 6.45) is 0. The van der Waals surface area contributed by atoms with Crippen molar-refractivity contribution in [3.8, 4) is 0 Å². The number of carboxylic acid groups (broad SMARTS) is 1. The number of carbonyl (C=O) groups is 2. The van der Waals surface area contributed by atoms with Crippen LogP contribution in [0.5, 0.6) is 0 Å². The third kappa shape index (κ3) is 6.14. The average molecular weight is 215 g/mol.